The van der Waals surface area contributed by atoms with Gasteiger partial charge < -0.3 is 4.74 Å². The fourth-order valence-electron chi connectivity index (χ4n) is 3.02. The molecule has 0 atom stereocenters. The summed E-state index contributed by atoms with van der Waals surface area (Å²) in [6.07, 6.45) is 1.50. The number of hydrogen-bond donors (Lipinski definition) is 1. The molecule has 0 saturated heterocycles. The summed E-state index contributed by atoms with van der Waals surface area (Å²) in [7, 11) is 0. The van der Waals surface area contributed by atoms with Crippen LogP contribution in [0.5, 0.6) is 5.75 Å². The molecule has 4 aromatic carbocycles. The summed E-state index contributed by atoms with van der Waals surface area (Å²) in [4.78, 5) is 24.6. The Morgan fingerprint density at radius 1 is 0.839 bits per heavy atom. The molecule has 6 heteroatoms. The molecule has 5 nitrogen and oxygen atoms in total. The summed E-state index contributed by atoms with van der Waals surface area (Å²) < 4.78 is 5.51. The lowest BCUT2D eigenvalue weighted by atomic mass is 10.0. The van der Waals surface area contributed by atoms with Gasteiger partial charge in [0, 0.05) is 10.6 Å². The summed E-state index contributed by atoms with van der Waals surface area (Å²) in [6.45, 7) is 0. The third-order valence-electron chi connectivity index (χ3n) is 4.59. The molecule has 0 heterocycles. The van der Waals surface area contributed by atoms with Crippen LogP contribution in [-0.4, -0.2) is 18.1 Å². The van der Waals surface area contributed by atoms with E-state index in [4.69, 9.17) is 16.3 Å². The van der Waals surface area contributed by atoms with Crippen LogP contribution in [0, 0.1) is 0 Å². The molecule has 0 aliphatic heterocycles. The van der Waals surface area contributed by atoms with Gasteiger partial charge in [0.05, 0.1) is 11.8 Å². The molecule has 0 bridgehead atoms. The second-order valence-electron chi connectivity index (χ2n) is 6.69. The number of nitrogens with zero attached hydrogens (tertiary/aromatic N) is 1. The summed E-state index contributed by atoms with van der Waals surface area (Å²) in [5.41, 5.74) is 4.16. The molecule has 0 aromatic heterocycles. The third kappa shape index (κ3) is 4.97. The highest BCUT2D eigenvalue weighted by molar-refractivity contribution is 6.30. The Kier molecular flexibility index (Phi) is 6.05. The maximum atomic E-state index is 12.6. The lowest BCUT2D eigenvalue weighted by molar-refractivity contribution is 0.0736. The molecular formula is C25H17ClN2O3. The van der Waals surface area contributed by atoms with Crippen LogP contribution in [0.1, 0.15) is 26.3 Å². The van der Waals surface area contributed by atoms with E-state index in [1.807, 2.05) is 36.4 Å². The summed E-state index contributed by atoms with van der Waals surface area (Å²) in [5, 5.41) is 6.32. The van der Waals surface area contributed by atoms with Crippen molar-refractivity contribution in [3.63, 3.8) is 0 Å². The first-order valence-corrected chi connectivity index (χ1v) is 9.87. The number of nitrogens with one attached hydrogen (secondary N) is 1. The van der Waals surface area contributed by atoms with Crippen molar-refractivity contribution >= 4 is 40.5 Å². The number of benzene rings is 4. The van der Waals surface area contributed by atoms with E-state index in [9.17, 15) is 9.59 Å². The van der Waals surface area contributed by atoms with E-state index in [2.05, 4.69) is 10.5 Å². The zero-order chi connectivity index (χ0) is 21.6. The minimum Gasteiger partial charge on any atom is -0.423 e. The second-order valence-corrected chi connectivity index (χ2v) is 7.13. The van der Waals surface area contributed by atoms with Crippen LogP contribution in [0.2, 0.25) is 5.02 Å². The van der Waals surface area contributed by atoms with Gasteiger partial charge in [-0.05, 0) is 70.9 Å². The number of ether oxygens (including phenoxy) is 1. The third-order valence-corrected chi connectivity index (χ3v) is 4.84. The number of hydrogen-bond acceptors (Lipinski definition) is 4. The molecule has 1 amide bonds. The number of rotatable bonds is 5. The first-order chi connectivity index (χ1) is 15.1. The zero-order valence-electron chi connectivity index (χ0n) is 16.3. The van der Waals surface area contributed by atoms with E-state index in [0.29, 0.717) is 21.9 Å². The van der Waals surface area contributed by atoms with Gasteiger partial charge in [-0.25, -0.2) is 10.2 Å². The molecule has 1 N–H and O–H groups in total. The molecule has 152 valence electrons. The van der Waals surface area contributed by atoms with Crippen LogP contribution in [0.3, 0.4) is 0 Å². The van der Waals surface area contributed by atoms with Crippen molar-refractivity contribution in [1.29, 1.82) is 0 Å². The van der Waals surface area contributed by atoms with Gasteiger partial charge in [-0.2, -0.15) is 5.10 Å². The van der Waals surface area contributed by atoms with Crippen molar-refractivity contribution in [1.82, 2.24) is 5.43 Å². The lowest BCUT2D eigenvalue weighted by Gasteiger charge is -2.07. The van der Waals surface area contributed by atoms with Crippen LogP contribution in [-0.2, 0) is 0 Å². The Labute approximate surface area is 183 Å². The van der Waals surface area contributed by atoms with Crippen LogP contribution in [0.15, 0.2) is 96.1 Å². The van der Waals surface area contributed by atoms with E-state index in [-0.39, 0.29) is 5.91 Å². The van der Waals surface area contributed by atoms with E-state index in [0.717, 1.165) is 16.3 Å². The Balaban J connectivity index is 1.39. The monoisotopic (exact) mass is 428 g/mol. The summed E-state index contributed by atoms with van der Waals surface area (Å²) in [6, 6.07) is 26.5. The smallest absolute Gasteiger partial charge is 0.344 e. The zero-order valence-corrected chi connectivity index (χ0v) is 17.0. The number of esters is 1. The number of hydrazone groups is 1. The van der Waals surface area contributed by atoms with Gasteiger partial charge in [0.2, 0.25) is 0 Å². The molecule has 0 saturated carbocycles. The lowest BCUT2D eigenvalue weighted by Crippen LogP contribution is -2.17. The molecule has 0 spiro atoms. The van der Waals surface area contributed by atoms with Gasteiger partial charge in [0.25, 0.3) is 5.91 Å². The topological polar surface area (TPSA) is 67.8 Å². The number of fused-ring (bicyclic) bond motifs is 1. The molecule has 0 radical (unpaired) electrons. The van der Waals surface area contributed by atoms with Crippen LogP contribution in [0.4, 0.5) is 0 Å². The molecule has 0 unspecified atom stereocenters. The number of carbonyl (C=O) groups excluding carboxylic acids is 2. The number of carbonyl (C=O) groups is 2. The summed E-state index contributed by atoms with van der Waals surface area (Å²) in [5.74, 6) is -0.345. The van der Waals surface area contributed by atoms with Gasteiger partial charge in [0.1, 0.15) is 5.75 Å². The Hall–Kier alpha value is -3.96. The first-order valence-electron chi connectivity index (χ1n) is 9.49. The normalized spacial score (nSPS) is 10.9. The Bertz CT molecular complexity index is 1260. The highest BCUT2D eigenvalue weighted by Gasteiger charge is 2.12. The van der Waals surface area contributed by atoms with Crippen LogP contribution < -0.4 is 10.2 Å². The predicted octanol–water partition coefficient (Wildman–Crippen LogP) is 5.48. The van der Waals surface area contributed by atoms with E-state index in [1.54, 1.807) is 54.6 Å². The Morgan fingerprint density at radius 2 is 1.55 bits per heavy atom. The summed E-state index contributed by atoms with van der Waals surface area (Å²) >= 11 is 5.81. The van der Waals surface area contributed by atoms with Crippen molar-refractivity contribution in [3.05, 3.63) is 113 Å². The largest absolute Gasteiger partial charge is 0.423 e. The molecular weight excluding hydrogens is 412 g/mol. The first kappa shape index (κ1) is 20.3. The average molecular weight is 429 g/mol. The van der Waals surface area contributed by atoms with Crippen molar-refractivity contribution in [3.8, 4) is 5.75 Å². The van der Waals surface area contributed by atoms with Gasteiger partial charge in [-0.15, -0.1) is 0 Å². The van der Waals surface area contributed by atoms with Crippen LogP contribution in [0.25, 0.3) is 10.8 Å². The van der Waals surface area contributed by atoms with Crippen molar-refractivity contribution in [2.75, 3.05) is 0 Å². The second kappa shape index (κ2) is 9.24. The van der Waals surface area contributed by atoms with E-state index in [1.165, 1.54) is 6.21 Å². The minimum absolute atomic E-state index is 0.339. The standard InChI is InChI=1S/C25H17ClN2O3/c26-20-12-10-19(11-13-20)24(29)28-27-16-17-8-14-21(15-9-17)31-25(30)23-7-3-5-18-4-1-2-6-22(18)23/h1-16H,(H,28,29). The Morgan fingerprint density at radius 3 is 2.32 bits per heavy atom. The van der Waals surface area contributed by atoms with Crippen LogP contribution >= 0.6 is 11.6 Å². The van der Waals surface area contributed by atoms with Gasteiger partial charge in [-0.1, -0.05) is 48.0 Å². The number of amides is 1. The quantitative estimate of drug-likeness (QED) is 0.198. The highest BCUT2D eigenvalue weighted by atomic mass is 35.5. The molecule has 31 heavy (non-hydrogen) atoms. The van der Waals surface area contributed by atoms with Crippen molar-refractivity contribution < 1.29 is 14.3 Å². The maximum absolute atomic E-state index is 12.6. The minimum atomic E-state index is -0.423. The maximum Gasteiger partial charge on any atom is 0.344 e. The molecule has 0 aliphatic carbocycles. The SMILES string of the molecule is O=C(NN=Cc1ccc(OC(=O)c2cccc3ccccc23)cc1)c1ccc(Cl)cc1. The molecule has 4 aromatic rings. The van der Waals surface area contributed by atoms with Gasteiger partial charge >= 0.3 is 5.97 Å². The molecule has 4 rings (SSSR count). The van der Waals surface area contributed by atoms with Gasteiger partial charge in [-0.3, -0.25) is 4.79 Å². The fraction of sp³-hybridized carbons (Fsp3) is 0. The molecule has 0 aliphatic rings. The molecule has 0 fully saturated rings. The van der Waals surface area contributed by atoms with E-state index < -0.39 is 5.97 Å². The highest BCUT2D eigenvalue weighted by Crippen LogP contribution is 2.21. The van der Waals surface area contributed by atoms with Gasteiger partial charge in [0.15, 0.2) is 0 Å². The fourth-order valence-corrected chi connectivity index (χ4v) is 3.14. The average Bonchev–Trinajstić information content (AvgIpc) is 2.80. The van der Waals surface area contributed by atoms with E-state index >= 15 is 0 Å². The van der Waals surface area contributed by atoms with Crippen molar-refractivity contribution in [2.24, 2.45) is 5.10 Å². The number of halogens is 1. The predicted molar refractivity (Wildman–Crippen MR) is 122 cm³/mol. The van der Waals surface area contributed by atoms with Crippen molar-refractivity contribution in [2.45, 2.75) is 0 Å².